The SMILES string of the molecule is Cc1sc(C(=O)O)cc1S(=O)(=O)NCC(C)(C)S(C)(=O)=O. The molecule has 0 bridgehead atoms. The summed E-state index contributed by atoms with van der Waals surface area (Å²) in [5.74, 6) is -1.21. The van der Waals surface area contributed by atoms with E-state index in [1.54, 1.807) is 0 Å². The molecule has 0 aromatic carbocycles. The Labute approximate surface area is 128 Å². The monoisotopic (exact) mass is 355 g/mol. The molecular weight excluding hydrogens is 338 g/mol. The van der Waals surface area contributed by atoms with Crippen molar-refractivity contribution in [3.8, 4) is 0 Å². The van der Waals surface area contributed by atoms with Crippen molar-refractivity contribution in [1.29, 1.82) is 0 Å². The lowest BCUT2D eigenvalue weighted by atomic mass is 10.2. The second-order valence-electron chi connectivity index (χ2n) is 5.19. The van der Waals surface area contributed by atoms with Gasteiger partial charge >= 0.3 is 5.97 Å². The summed E-state index contributed by atoms with van der Waals surface area (Å²) in [4.78, 5) is 11.0. The maximum absolute atomic E-state index is 12.2. The predicted molar refractivity (Wildman–Crippen MR) is 80.1 cm³/mol. The zero-order valence-corrected chi connectivity index (χ0v) is 14.4. The standard InChI is InChI=1S/C11H17NO6S3/c1-7-9(5-8(19-7)10(13)14)21(17,18)12-6-11(2,3)20(4,15)16/h5,12H,6H2,1-4H3,(H,13,14). The van der Waals surface area contributed by atoms with Crippen LogP contribution in [-0.4, -0.2) is 45.5 Å². The van der Waals surface area contributed by atoms with Crippen LogP contribution in [0.25, 0.3) is 0 Å². The first-order chi connectivity index (χ1) is 9.28. The van der Waals surface area contributed by atoms with E-state index in [-0.39, 0.29) is 16.3 Å². The summed E-state index contributed by atoms with van der Waals surface area (Å²) < 4.78 is 48.4. The molecule has 0 unspecified atom stereocenters. The summed E-state index contributed by atoms with van der Waals surface area (Å²) in [7, 11) is -7.41. The summed E-state index contributed by atoms with van der Waals surface area (Å²) >= 11 is 0.851. The number of aromatic carboxylic acids is 1. The summed E-state index contributed by atoms with van der Waals surface area (Å²) in [6.45, 7) is 4.02. The molecule has 10 heteroatoms. The molecule has 0 atom stereocenters. The van der Waals surface area contributed by atoms with Crippen LogP contribution in [-0.2, 0) is 19.9 Å². The van der Waals surface area contributed by atoms with E-state index in [1.807, 2.05) is 0 Å². The fourth-order valence-corrected chi connectivity index (χ4v) is 4.38. The van der Waals surface area contributed by atoms with Crippen molar-refractivity contribution < 1.29 is 26.7 Å². The molecule has 1 aromatic heterocycles. The Morgan fingerprint density at radius 3 is 2.24 bits per heavy atom. The minimum Gasteiger partial charge on any atom is -0.477 e. The Kier molecular flexibility index (Phi) is 4.88. The summed E-state index contributed by atoms with van der Waals surface area (Å²) in [5, 5.41) is 8.87. The van der Waals surface area contributed by atoms with Crippen LogP contribution in [0.5, 0.6) is 0 Å². The van der Waals surface area contributed by atoms with Gasteiger partial charge in [0.05, 0.1) is 9.64 Å². The maximum Gasteiger partial charge on any atom is 0.345 e. The van der Waals surface area contributed by atoms with Gasteiger partial charge in [-0.15, -0.1) is 11.3 Å². The van der Waals surface area contributed by atoms with Gasteiger partial charge in [-0.3, -0.25) is 0 Å². The number of hydrogen-bond acceptors (Lipinski definition) is 6. The highest BCUT2D eigenvalue weighted by atomic mass is 32.2. The number of sulfonamides is 1. The van der Waals surface area contributed by atoms with Crippen LogP contribution in [0.3, 0.4) is 0 Å². The van der Waals surface area contributed by atoms with E-state index in [0.29, 0.717) is 4.88 Å². The number of nitrogens with one attached hydrogen (secondary N) is 1. The highest BCUT2D eigenvalue weighted by Crippen LogP contribution is 2.26. The molecule has 0 saturated carbocycles. The summed E-state index contributed by atoms with van der Waals surface area (Å²) in [6, 6.07) is 1.07. The second-order valence-corrected chi connectivity index (χ2v) is 10.8. The van der Waals surface area contributed by atoms with Crippen molar-refractivity contribution in [1.82, 2.24) is 4.72 Å². The average Bonchev–Trinajstić information content (AvgIpc) is 2.68. The fourth-order valence-electron chi connectivity index (χ4n) is 1.32. The maximum atomic E-state index is 12.2. The molecule has 0 amide bonds. The Bertz CT molecular complexity index is 758. The molecule has 0 saturated heterocycles. The highest BCUT2D eigenvalue weighted by Gasteiger charge is 2.32. The highest BCUT2D eigenvalue weighted by molar-refractivity contribution is 7.92. The number of carbonyl (C=O) groups is 1. The van der Waals surface area contributed by atoms with Gasteiger partial charge in [0.25, 0.3) is 0 Å². The first-order valence-electron chi connectivity index (χ1n) is 5.81. The minimum absolute atomic E-state index is 0.0877. The average molecular weight is 355 g/mol. The van der Waals surface area contributed by atoms with Crippen molar-refractivity contribution in [3.63, 3.8) is 0 Å². The van der Waals surface area contributed by atoms with Crippen LogP contribution >= 0.6 is 11.3 Å². The van der Waals surface area contributed by atoms with Gasteiger partial charge in [-0.05, 0) is 26.8 Å². The molecule has 1 aromatic rings. The summed E-state index contributed by atoms with van der Waals surface area (Å²) in [5.41, 5.74) is 0. The number of hydrogen-bond donors (Lipinski definition) is 2. The molecule has 0 radical (unpaired) electrons. The van der Waals surface area contributed by atoms with E-state index in [4.69, 9.17) is 5.11 Å². The zero-order chi connectivity index (χ0) is 16.6. The third-order valence-corrected chi connectivity index (χ3v) is 7.91. The number of thiophene rings is 1. The lowest BCUT2D eigenvalue weighted by Gasteiger charge is -2.22. The third-order valence-electron chi connectivity index (χ3n) is 3.06. The molecule has 7 nitrogen and oxygen atoms in total. The normalized spacial score (nSPS) is 13.3. The van der Waals surface area contributed by atoms with E-state index >= 15 is 0 Å². The van der Waals surface area contributed by atoms with Gasteiger partial charge in [0, 0.05) is 17.7 Å². The molecule has 21 heavy (non-hydrogen) atoms. The second kappa shape index (κ2) is 5.67. The molecule has 2 N–H and O–H groups in total. The molecule has 120 valence electrons. The largest absolute Gasteiger partial charge is 0.477 e. The third kappa shape index (κ3) is 4.02. The molecule has 1 heterocycles. The van der Waals surface area contributed by atoms with Crippen LogP contribution in [0.1, 0.15) is 28.4 Å². The number of carboxylic acids is 1. The smallest absolute Gasteiger partial charge is 0.345 e. The van der Waals surface area contributed by atoms with Gasteiger partial charge in [-0.2, -0.15) is 0 Å². The number of rotatable bonds is 6. The van der Waals surface area contributed by atoms with Gasteiger partial charge < -0.3 is 5.11 Å². The molecule has 0 fully saturated rings. The fraction of sp³-hybridized carbons (Fsp3) is 0.545. The molecule has 0 aliphatic heterocycles. The van der Waals surface area contributed by atoms with Gasteiger partial charge in [0.2, 0.25) is 10.0 Å². The van der Waals surface area contributed by atoms with Crippen LogP contribution in [0, 0.1) is 6.92 Å². The molecule has 1 rings (SSSR count). The van der Waals surface area contributed by atoms with Crippen molar-refractivity contribution >= 4 is 37.2 Å². The number of aryl methyl sites for hydroxylation is 1. The minimum atomic E-state index is -3.96. The van der Waals surface area contributed by atoms with Crippen molar-refractivity contribution in [2.45, 2.75) is 30.4 Å². The molecular formula is C11H17NO6S3. The Hall–Kier alpha value is -0.970. The quantitative estimate of drug-likeness (QED) is 0.781. The summed E-state index contributed by atoms with van der Waals surface area (Å²) in [6.07, 6.45) is 1.03. The first-order valence-corrected chi connectivity index (χ1v) is 10.00. The zero-order valence-electron chi connectivity index (χ0n) is 12.0. The topological polar surface area (TPSA) is 118 Å². The Morgan fingerprint density at radius 1 is 1.33 bits per heavy atom. The lowest BCUT2D eigenvalue weighted by Crippen LogP contribution is -2.43. The van der Waals surface area contributed by atoms with E-state index in [9.17, 15) is 21.6 Å². The molecule has 0 spiro atoms. The Balaban J connectivity index is 3.06. The van der Waals surface area contributed by atoms with Crippen LogP contribution in [0.4, 0.5) is 0 Å². The Morgan fingerprint density at radius 2 is 1.86 bits per heavy atom. The predicted octanol–water partition coefficient (Wildman–Crippen LogP) is 0.856. The molecule has 0 aliphatic rings. The van der Waals surface area contributed by atoms with Crippen molar-refractivity contribution in [2.75, 3.05) is 12.8 Å². The van der Waals surface area contributed by atoms with Gasteiger partial charge in [0.15, 0.2) is 9.84 Å². The van der Waals surface area contributed by atoms with Gasteiger partial charge in [0.1, 0.15) is 4.88 Å². The van der Waals surface area contributed by atoms with Crippen LogP contribution in [0.15, 0.2) is 11.0 Å². The molecule has 0 aliphatic carbocycles. The van der Waals surface area contributed by atoms with E-state index in [1.165, 1.54) is 20.8 Å². The number of sulfone groups is 1. The lowest BCUT2D eigenvalue weighted by molar-refractivity contribution is 0.0702. The number of carboxylic acid groups (broad SMARTS) is 1. The van der Waals surface area contributed by atoms with E-state index in [2.05, 4.69) is 4.72 Å². The van der Waals surface area contributed by atoms with Crippen LogP contribution < -0.4 is 4.72 Å². The van der Waals surface area contributed by atoms with Crippen molar-refractivity contribution in [2.24, 2.45) is 0 Å². The van der Waals surface area contributed by atoms with Crippen LogP contribution in [0.2, 0.25) is 0 Å². The van der Waals surface area contributed by atoms with Gasteiger partial charge in [-0.25, -0.2) is 26.4 Å². The van der Waals surface area contributed by atoms with Crippen molar-refractivity contribution in [3.05, 3.63) is 15.8 Å². The van der Waals surface area contributed by atoms with E-state index in [0.717, 1.165) is 23.7 Å². The first kappa shape index (κ1) is 18.1. The van der Waals surface area contributed by atoms with E-state index < -0.39 is 30.6 Å². The van der Waals surface area contributed by atoms with Gasteiger partial charge in [-0.1, -0.05) is 0 Å².